The molecule has 0 unspecified atom stereocenters. The maximum absolute atomic E-state index is 12.2. The van der Waals surface area contributed by atoms with E-state index in [1.807, 2.05) is 18.2 Å². The zero-order valence-corrected chi connectivity index (χ0v) is 13.3. The monoisotopic (exact) mass is 328 g/mol. The van der Waals surface area contributed by atoms with Crippen molar-refractivity contribution >= 4 is 5.91 Å². The fourth-order valence-electron chi connectivity index (χ4n) is 2.77. The molecule has 1 aliphatic heterocycles. The number of ether oxygens (including phenoxy) is 1. The van der Waals surface area contributed by atoms with Crippen LogP contribution in [-0.2, 0) is 4.74 Å². The third-order valence-corrected chi connectivity index (χ3v) is 4.04. The van der Waals surface area contributed by atoms with E-state index in [9.17, 15) is 9.59 Å². The first-order valence-electron chi connectivity index (χ1n) is 7.95. The van der Waals surface area contributed by atoms with Crippen LogP contribution in [0.15, 0.2) is 47.3 Å². The van der Waals surface area contributed by atoms with Crippen molar-refractivity contribution in [2.45, 2.75) is 6.04 Å². The Kier molecular flexibility index (Phi) is 5.35. The standard InChI is InChI=1S/C17H20N4O3/c22-16-7-6-14(19-20-16)17(23)18-12-15(13-4-2-1-3-5-13)21-8-10-24-11-9-21/h1-7,15H,8-12H2,(H,18,23)(H,20,22)/t15-/m0/s1. The lowest BCUT2D eigenvalue weighted by atomic mass is 10.0. The summed E-state index contributed by atoms with van der Waals surface area (Å²) >= 11 is 0. The molecule has 1 amide bonds. The number of carbonyl (C=O) groups excluding carboxylic acids is 1. The molecule has 2 heterocycles. The molecule has 0 radical (unpaired) electrons. The lowest BCUT2D eigenvalue weighted by Crippen LogP contribution is -2.44. The van der Waals surface area contributed by atoms with Gasteiger partial charge in [0, 0.05) is 25.7 Å². The Morgan fingerprint density at radius 3 is 2.62 bits per heavy atom. The van der Waals surface area contributed by atoms with Crippen LogP contribution in [0.1, 0.15) is 22.1 Å². The molecule has 3 rings (SSSR count). The summed E-state index contributed by atoms with van der Waals surface area (Å²) in [5.41, 5.74) is 1.01. The van der Waals surface area contributed by atoms with Gasteiger partial charge < -0.3 is 10.1 Å². The van der Waals surface area contributed by atoms with Crippen LogP contribution in [-0.4, -0.2) is 53.9 Å². The summed E-state index contributed by atoms with van der Waals surface area (Å²) in [6, 6.07) is 12.9. The number of hydrogen-bond donors (Lipinski definition) is 2. The Balaban J connectivity index is 1.70. The molecular weight excluding hydrogens is 308 g/mol. The molecular formula is C17H20N4O3. The van der Waals surface area contributed by atoms with Gasteiger partial charge in [0.15, 0.2) is 0 Å². The number of H-pyrrole nitrogens is 1. The smallest absolute Gasteiger partial charge is 0.271 e. The predicted molar refractivity (Wildman–Crippen MR) is 88.8 cm³/mol. The van der Waals surface area contributed by atoms with E-state index in [0.717, 1.165) is 18.7 Å². The number of rotatable bonds is 5. The fourth-order valence-corrected chi connectivity index (χ4v) is 2.77. The molecule has 1 aliphatic rings. The van der Waals surface area contributed by atoms with Crippen molar-refractivity contribution in [2.24, 2.45) is 0 Å². The average molecular weight is 328 g/mol. The van der Waals surface area contributed by atoms with Gasteiger partial charge in [-0.15, -0.1) is 0 Å². The fraction of sp³-hybridized carbons (Fsp3) is 0.353. The van der Waals surface area contributed by atoms with Crippen LogP contribution in [0, 0.1) is 0 Å². The molecule has 126 valence electrons. The van der Waals surface area contributed by atoms with E-state index in [-0.39, 0.29) is 23.2 Å². The summed E-state index contributed by atoms with van der Waals surface area (Å²) < 4.78 is 5.42. The number of hydrogen-bond acceptors (Lipinski definition) is 5. The highest BCUT2D eigenvalue weighted by atomic mass is 16.5. The van der Waals surface area contributed by atoms with Gasteiger partial charge in [-0.3, -0.25) is 14.5 Å². The van der Waals surface area contributed by atoms with Crippen LogP contribution in [0.4, 0.5) is 0 Å². The first-order chi connectivity index (χ1) is 11.7. The van der Waals surface area contributed by atoms with Crippen LogP contribution >= 0.6 is 0 Å². The molecule has 1 atom stereocenters. The molecule has 1 aromatic heterocycles. The number of morpholine rings is 1. The number of aromatic amines is 1. The summed E-state index contributed by atoms with van der Waals surface area (Å²) in [6.07, 6.45) is 0. The Bertz CT molecular complexity index is 706. The number of benzene rings is 1. The molecule has 0 spiro atoms. The van der Waals surface area contributed by atoms with Gasteiger partial charge in [-0.2, -0.15) is 5.10 Å². The third kappa shape index (κ3) is 4.06. The van der Waals surface area contributed by atoms with Crippen molar-refractivity contribution in [3.05, 3.63) is 64.1 Å². The number of amides is 1. The number of nitrogens with zero attached hydrogens (tertiary/aromatic N) is 2. The molecule has 2 N–H and O–H groups in total. The van der Waals surface area contributed by atoms with E-state index in [1.165, 1.54) is 12.1 Å². The lowest BCUT2D eigenvalue weighted by molar-refractivity contribution is 0.0162. The van der Waals surface area contributed by atoms with Crippen molar-refractivity contribution in [2.75, 3.05) is 32.8 Å². The number of aromatic nitrogens is 2. The van der Waals surface area contributed by atoms with Crippen molar-refractivity contribution in [3.63, 3.8) is 0 Å². The highest BCUT2D eigenvalue weighted by Crippen LogP contribution is 2.21. The van der Waals surface area contributed by atoms with E-state index in [0.29, 0.717) is 19.8 Å². The van der Waals surface area contributed by atoms with Crippen LogP contribution < -0.4 is 10.9 Å². The van der Waals surface area contributed by atoms with E-state index in [4.69, 9.17) is 4.74 Å². The minimum Gasteiger partial charge on any atom is -0.379 e. The second-order valence-corrected chi connectivity index (χ2v) is 5.59. The average Bonchev–Trinajstić information content (AvgIpc) is 2.64. The van der Waals surface area contributed by atoms with Crippen LogP contribution in [0.25, 0.3) is 0 Å². The van der Waals surface area contributed by atoms with Crippen LogP contribution in [0.2, 0.25) is 0 Å². The molecule has 7 heteroatoms. The van der Waals surface area contributed by atoms with E-state index in [2.05, 4.69) is 32.5 Å². The van der Waals surface area contributed by atoms with Gasteiger partial charge in [-0.25, -0.2) is 5.10 Å². The van der Waals surface area contributed by atoms with Gasteiger partial charge in [-0.05, 0) is 11.6 Å². The summed E-state index contributed by atoms with van der Waals surface area (Å²) in [5.74, 6) is -0.305. The van der Waals surface area contributed by atoms with Crippen molar-refractivity contribution in [3.8, 4) is 0 Å². The van der Waals surface area contributed by atoms with Gasteiger partial charge in [-0.1, -0.05) is 30.3 Å². The van der Waals surface area contributed by atoms with Gasteiger partial charge in [0.05, 0.1) is 19.3 Å². The Hall–Kier alpha value is -2.51. The van der Waals surface area contributed by atoms with Crippen molar-refractivity contribution in [1.82, 2.24) is 20.4 Å². The molecule has 1 fully saturated rings. The lowest BCUT2D eigenvalue weighted by Gasteiger charge is -2.34. The topological polar surface area (TPSA) is 87.3 Å². The van der Waals surface area contributed by atoms with Crippen molar-refractivity contribution in [1.29, 1.82) is 0 Å². The number of nitrogens with one attached hydrogen (secondary N) is 2. The van der Waals surface area contributed by atoms with Gasteiger partial charge in [0.1, 0.15) is 5.69 Å². The van der Waals surface area contributed by atoms with E-state index >= 15 is 0 Å². The maximum atomic E-state index is 12.2. The summed E-state index contributed by atoms with van der Waals surface area (Å²) in [6.45, 7) is 3.50. The second-order valence-electron chi connectivity index (χ2n) is 5.59. The molecule has 1 aromatic carbocycles. The molecule has 0 aliphatic carbocycles. The number of carbonyl (C=O) groups is 1. The highest BCUT2D eigenvalue weighted by molar-refractivity contribution is 5.91. The molecule has 24 heavy (non-hydrogen) atoms. The summed E-state index contributed by atoms with van der Waals surface area (Å²) in [5, 5.41) is 8.94. The molecule has 0 bridgehead atoms. The molecule has 1 saturated heterocycles. The minimum absolute atomic E-state index is 0.0711. The largest absolute Gasteiger partial charge is 0.379 e. The van der Waals surface area contributed by atoms with Crippen LogP contribution in [0.3, 0.4) is 0 Å². The van der Waals surface area contributed by atoms with Gasteiger partial charge in [0.25, 0.3) is 11.5 Å². The second kappa shape index (κ2) is 7.85. The summed E-state index contributed by atoms with van der Waals surface area (Å²) in [7, 11) is 0. The SMILES string of the molecule is O=C(NC[C@@H](c1ccccc1)N1CCOCC1)c1ccc(=O)[nH]n1. The molecule has 2 aromatic rings. The Labute approximate surface area is 139 Å². The zero-order chi connectivity index (χ0) is 16.8. The summed E-state index contributed by atoms with van der Waals surface area (Å²) in [4.78, 5) is 25.6. The van der Waals surface area contributed by atoms with Gasteiger partial charge >= 0.3 is 0 Å². The Morgan fingerprint density at radius 1 is 1.21 bits per heavy atom. The zero-order valence-electron chi connectivity index (χ0n) is 13.3. The van der Waals surface area contributed by atoms with Gasteiger partial charge in [0.2, 0.25) is 0 Å². The highest BCUT2D eigenvalue weighted by Gasteiger charge is 2.23. The molecule has 0 saturated carbocycles. The first-order valence-corrected chi connectivity index (χ1v) is 7.95. The van der Waals surface area contributed by atoms with E-state index in [1.54, 1.807) is 0 Å². The van der Waals surface area contributed by atoms with Crippen molar-refractivity contribution < 1.29 is 9.53 Å². The maximum Gasteiger partial charge on any atom is 0.271 e. The van der Waals surface area contributed by atoms with Crippen LogP contribution in [0.5, 0.6) is 0 Å². The third-order valence-electron chi connectivity index (χ3n) is 4.04. The normalized spacial score (nSPS) is 16.5. The molecule has 7 nitrogen and oxygen atoms in total. The van der Waals surface area contributed by atoms with E-state index < -0.39 is 0 Å². The minimum atomic E-state index is -0.331. The quantitative estimate of drug-likeness (QED) is 0.838. The first kappa shape index (κ1) is 16.4. The predicted octanol–water partition coefficient (Wildman–Crippen LogP) is 0.573. The Morgan fingerprint density at radius 2 is 1.96 bits per heavy atom.